The van der Waals surface area contributed by atoms with Crippen LogP contribution in [0.2, 0.25) is 0 Å². The molecule has 2 rings (SSSR count). The molecule has 0 unspecified atom stereocenters. The Kier molecular flexibility index (Phi) is 11.4. The first-order chi connectivity index (χ1) is 15.9. The molecule has 0 spiro atoms. The second-order valence-corrected chi connectivity index (χ2v) is 8.18. The van der Waals surface area contributed by atoms with Gasteiger partial charge in [-0.25, -0.2) is 0 Å². The van der Waals surface area contributed by atoms with E-state index in [9.17, 15) is 56.2 Å². The zero-order valence-electron chi connectivity index (χ0n) is 17.9. The maximum absolute atomic E-state index is 10.3. The molecule has 12 N–H and O–H groups in total. The van der Waals surface area contributed by atoms with Gasteiger partial charge in [-0.05, 0) is 0 Å². The van der Waals surface area contributed by atoms with Crippen molar-refractivity contribution < 1.29 is 80.2 Å². The van der Waals surface area contributed by atoms with Crippen molar-refractivity contribution in [2.45, 2.75) is 85.8 Å². The van der Waals surface area contributed by atoms with E-state index in [-0.39, 0.29) is 0 Å². The molecular weight excluding hydrogens is 472 g/mol. The lowest BCUT2D eigenvalue weighted by Gasteiger charge is -2.40. The third-order valence-electron chi connectivity index (χ3n) is 5.67. The zero-order valence-corrected chi connectivity index (χ0v) is 17.9. The number of aliphatic hydroxyl groups is 12. The number of hydrogen-bond donors (Lipinski definition) is 12. The molecule has 2 aliphatic rings. The first-order valence-electron chi connectivity index (χ1n) is 10.5. The molecular formula is C18H34O16. The van der Waals surface area contributed by atoms with Crippen molar-refractivity contribution in [3.05, 3.63) is 0 Å². The van der Waals surface area contributed by atoms with Gasteiger partial charge in [-0.3, -0.25) is 0 Å². The number of aliphatic hydroxyl groups excluding tert-OH is 12. The molecule has 202 valence electrons. The molecule has 0 saturated carbocycles. The van der Waals surface area contributed by atoms with Crippen LogP contribution in [0.15, 0.2) is 0 Å². The maximum atomic E-state index is 10.3. The van der Waals surface area contributed by atoms with Gasteiger partial charge in [0.1, 0.15) is 73.2 Å². The fourth-order valence-corrected chi connectivity index (χ4v) is 3.48. The molecule has 0 amide bonds. The summed E-state index contributed by atoms with van der Waals surface area (Å²) in [5.41, 5.74) is 0. The topological polar surface area (TPSA) is 280 Å². The minimum atomic E-state index is -1.93. The number of rotatable bonds is 12. The summed E-state index contributed by atoms with van der Waals surface area (Å²) < 4.78 is 20.6. The van der Waals surface area contributed by atoms with Crippen LogP contribution in [-0.2, 0) is 18.9 Å². The molecule has 14 atom stereocenters. The van der Waals surface area contributed by atoms with Crippen molar-refractivity contribution in [2.75, 3.05) is 26.4 Å². The zero-order chi connectivity index (χ0) is 25.7. The number of hydrogen-bond acceptors (Lipinski definition) is 16. The molecule has 0 aromatic rings. The van der Waals surface area contributed by atoms with Gasteiger partial charge in [0.25, 0.3) is 0 Å². The Labute approximate surface area is 193 Å². The summed E-state index contributed by atoms with van der Waals surface area (Å²) >= 11 is 0. The lowest BCUT2D eigenvalue weighted by Crippen LogP contribution is -2.59. The Morgan fingerprint density at radius 1 is 0.618 bits per heavy atom. The smallest absolute Gasteiger partial charge is 0.186 e. The highest BCUT2D eigenvalue weighted by molar-refractivity contribution is 4.92. The first-order valence-corrected chi connectivity index (χ1v) is 10.5. The molecule has 0 aliphatic carbocycles. The molecule has 0 bridgehead atoms. The van der Waals surface area contributed by atoms with E-state index in [0.29, 0.717) is 0 Å². The highest BCUT2D eigenvalue weighted by Crippen LogP contribution is 2.27. The van der Waals surface area contributed by atoms with Gasteiger partial charge in [-0.15, -0.1) is 0 Å². The van der Waals surface area contributed by atoms with E-state index >= 15 is 0 Å². The minimum Gasteiger partial charge on any atom is -0.394 e. The van der Waals surface area contributed by atoms with Crippen molar-refractivity contribution in [1.82, 2.24) is 0 Å². The molecule has 2 fully saturated rings. The largest absolute Gasteiger partial charge is 0.394 e. The van der Waals surface area contributed by atoms with Crippen LogP contribution in [0.1, 0.15) is 0 Å². The summed E-state index contributed by atoms with van der Waals surface area (Å²) in [6.07, 6.45) is -23.4. The van der Waals surface area contributed by atoms with Crippen LogP contribution in [0.3, 0.4) is 0 Å². The number of ether oxygens (including phenoxy) is 4. The van der Waals surface area contributed by atoms with Crippen molar-refractivity contribution >= 4 is 0 Å². The summed E-state index contributed by atoms with van der Waals surface area (Å²) in [6.45, 7) is -2.97. The second-order valence-electron chi connectivity index (χ2n) is 8.18. The van der Waals surface area contributed by atoms with E-state index in [0.717, 1.165) is 0 Å². The standard InChI is InChI=1S/C18H34O16/c19-1-5(21)9(24)10(25)6(22)3-31-18-15(30)13(28)16(34-18)7(23)4-32-17-14(29)12(27)11(26)8(2-20)33-17/h5-30H,1-4H2/t5-,6+,7+,8+,9+,10-,11-,12-,13+,14+,15+,16-,17-,18+/m0/s1. The van der Waals surface area contributed by atoms with Gasteiger partial charge < -0.3 is 80.2 Å². The van der Waals surface area contributed by atoms with Gasteiger partial charge in [0.05, 0.1) is 26.4 Å². The predicted molar refractivity (Wildman–Crippen MR) is 103 cm³/mol. The van der Waals surface area contributed by atoms with E-state index in [1.165, 1.54) is 0 Å². The van der Waals surface area contributed by atoms with Crippen molar-refractivity contribution in [2.24, 2.45) is 0 Å². The average molecular weight is 506 g/mol. The van der Waals surface area contributed by atoms with E-state index in [1.54, 1.807) is 0 Å². The quantitative estimate of drug-likeness (QED) is 0.117. The van der Waals surface area contributed by atoms with Crippen LogP contribution in [0.4, 0.5) is 0 Å². The van der Waals surface area contributed by atoms with Gasteiger partial charge in [-0.1, -0.05) is 0 Å². The Bertz CT molecular complexity index is 596. The first kappa shape index (κ1) is 29.6. The molecule has 0 aromatic heterocycles. The summed E-state index contributed by atoms with van der Waals surface area (Å²) in [6, 6.07) is 0. The molecule has 0 radical (unpaired) electrons. The molecule has 2 aliphatic heterocycles. The Morgan fingerprint density at radius 2 is 1.15 bits per heavy atom. The maximum Gasteiger partial charge on any atom is 0.186 e. The van der Waals surface area contributed by atoms with Crippen molar-refractivity contribution in [3.63, 3.8) is 0 Å². The van der Waals surface area contributed by atoms with Gasteiger partial charge in [0.15, 0.2) is 12.6 Å². The second kappa shape index (κ2) is 13.1. The Morgan fingerprint density at radius 3 is 1.74 bits per heavy atom. The lowest BCUT2D eigenvalue weighted by atomic mass is 9.99. The normalized spacial score (nSPS) is 41.1. The summed E-state index contributed by atoms with van der Waals surface area (Å²) in [7, 11) is 0. The van der Waals surface area contributed by atoms with Crippen LogP contribution < -0.4 is 0 Å². The fourth-order valence-electron chi connectivity index (χ4n) is 3.48. The third-order valence-corrected chi connectivity index (χ3v) is 5.67. The molecule has 34 heavy (non-hydrogen) atoms. The van der Waals surface area contributed by atoms with E-state index in [2.05, 4.69) is 0 Å². The van der Waals surface area contributed by atoms with Crippen LogP contribution in [0.5, 0.6) is 0 Å². The fraction of sp³-hybridized carbons (Fsp3) is 1.00. The third kappa shape index (κ3) is 6.77. The highest BCUT2D eigenvalue weighted by Gasteiger charge is 2.48. The van der Waals surface area contributed by atoms with Crippen LogP contribution in [0.25, 0.3) is 0 Å². The minimum absolute atomic E-state index is 0.656. The Balaban J connectivity index is 1.86. The van der Waals surface area contributed by atoms with Gasteiger partial charge in [0.2, 0.25) is 0 Å². The van der Waals surface area contributed by atoms with Crippen molar-refractivity contribution in [3.8, 4) is 0 Å². The van der Waals surface area contributed by atoms with Crippen LogP contribution in [-0.4, -0.2) is 174 Å². The lowest BCUT2D eigenvalue weighted by molar-refractivity contribution is -0.307. The Hall–Kier alpha value is -0.640. The van der Waals surface area contributed by atoms with E-state index < -0.39 is 112 Å². The van der Waals surface area contributed by atoms with Gasteiger partial charge >= 0.3 is 0 Å². The van der Waals surface area contributed by atoms with Crippen LogP contribution in [0, 0.1) is 0 Å². The van der Waals surface area contributed by atoms with E-state index in [1.807, 2.05) is 0 Å². The predicted octanol–water partition coefficient (Wildman–Crippen LogP) is -7.94. The van der Waals surface area contributed by atoms with Gasteiger partial charge in [0, 0.05) is 0 Å². The molecule has 0 aromatic carbocycles. The SMILES string of the molecule is OC[C@H](O)[C@@H](O)[C@@H](O)[C@H](O)CO[C@@H]1O[C@@H]([C@H](O)CO[C@H]2O[C@H](CO)[C@H](O)[C@H](O)[C@H]2O)[C@H](O)[C@H]1O. The highest BCUT2D eigenvalue weighted by atomic mass is 16.7. The van der Waals surface area contributed by atoms with Gasteiger partial charge in [-0.2, -0.15) is 0 Å². The molecule has 16 nitrogen and oxygen atoms in total. The van der Waals surface area contributed by atoms with Crippen molar-refractivity contribution in [1.29, 1.82) is 0 Å². The summed E-state index contributed by atoms with van der Waals surface area (Å²) in [5, 5.41) is 116. The molecule has 16 heteroatoms. The summed E-state index contributed by atoms with van der Waals surface area (Å²) in [5.74, 6) is 0. The molecule has 2 saturated heterocycles. The average Bonchev–Trinajstić information content (AvgIpc) is 3.12. The van der Waals surface area contributed by atoms with E-state index in [4.69, 9.17) is 24.1 Å². The monoisotopic (exact) mass is 506 g/mol. The van der Waals surface area contributed by atoms with Crippen LogP contribution >= 0.6 is 0 Å². The summed E-state index contributed by atoms with van der Waals surface area (Å²) in [4.78, 5) is 0. The molecule has 2 heterocycles.